The molecule has 2 aromatic carbocycles. The number of nitrogens with one attached hydrogen (secondary N) is 1. The highest BCUT2D eigenvalue weighted by Gasteiger charge is 2.15. The summed E-state index contributed by atoms with van der Waals surface area (Å²) in [6.45, 7) is 3.71. The first-order valence-electron chi connectivity index (χ1n) is 8.91. The van der Waals surface area contributed by atoms with E-state index >= 15 is 0 Å². The number of nitro groups is 1. The van der Waals surface area contributed by atoms with Crippen molar-refractivity contribution in [3.8, 4) is 17.6 Å². The average molecular weight is 430 g/mol. The summed E-state index contributed by atoms with van der Waals surface area (Å²) in [5.41, 5.74) is 1.12. The average Bonchev–Trinajstić information content (AvgIpc) is 2.70. The van der Waals surface area contributed by atoms with Crippen LogP contribution in [0, 0.1) is 21.4 Å². The van der Waals surface area contributed by atoms with E-state index in [0.717, 1.165) is 0 Å². The molecule has 0 saturated carbocycles. The van der Waals surface area contributed by atoms with Crippen LogP contribution in [0.3, 0.4) is 0 Å². The quantitative estimate of drug-likeness (QED) is 0.290. The molecule has 0 saturated heterocycles. The van der Waals surface area contributed by atoms with E-state index in [1.165, 1.54) is 25.3 Å². The monoisotopic (exact) mass is 429 g/mol. The van der Waals surface area contributed by atoms with Gasteiger partial charge in [-0.15, -0.1) is 0 Å². The maximum absolute atomic E-state index is 12.1. The first-order valence-corrected chi connectivity index (χ1v) is 9.29. The number of carbonyl (C=O) groups is 1. The standard InChI is InChI=1S/C21H20ClN3O5/c1-13(2)24-21(26)16(11-23)8-15-9-18(22)20(19(10-15)29-3)30-12-14-4-6-17(7-5-14)25(27)28/h4-10,13H,12H2,1-3H3,(H,24,26)/b16-8-. The van der Waals surface area contributed by atoms with Crippen LogP contribution in [0.5, 0.6) is 11.5 Å². The van der Waals surface area contributed by atoms with Crippen LogP contribution < -0.4 is 14.8 Å². The molecule has 0 aliphatic heterocycles. The summed E-state index contributed by atoms with van der Waals surface area (Å²) in [6, 6.07) is 10.9. The number of ether oxygens (including phenoxy) is 2. The number of amides is 1. The molecule has 30 heavy (non-hydrogen) atoms. The second-order valence-corrected chi connectivity index (χ2v) is 6.95. The number of benzene rings is 2. The molecule has 0 aliphatic carbocycles. The molecule has 0 fully saturated rings. The van der Waals surface area contributed by atoms with E-state index in [9.17, 15) is 20.2 Å². The fraction of sp³-hybridized carbons (Fsp3) is 0.238. The number of nitrogens with zero attached hydrogens (tertiary/aromatic N) is 2. The van der Waals surface area contributed by atoms with Crippen LogP contribution in [-0.4, -0.2) is 24.0 Å². The lowest BCUT2D eigenvalue weighted by atomic mass is 10.1. The van der Waals surface area contributed by atoms with Crippen LogP contribution in [0.25, 0.3) is 6.08 Å². The highest BCUT2D eigenvalue weighted by Crippen LogP contribution is 2.37. The summed E-state index contributed by atoms with van der Waals surface area (Å²) in [5.74, 6) is 0.109. The van der Waals surface area contributed by atoms with E-state index in [2.05, 4.69) is 5.32 Å². The molecule has 0 spiro atoms. The normalized spacial score (nSPS) is 11.0. The lowest BCUT2D eigenvalue weighted by molar-refractivity contribution is -0.384. The molecule has 0 aliphatic rings. The second-order valence-electron chi connectivity index (χ2n) is 6.54. The van der Waals surface area contributed by atoms with E-state index in [1.807, 2.05) is 6.07 Å². The zero-order valence-electron chi connectivity index (χ0n) is 16.6. The largest absolute Gasteiger partial charge is 0.493 e. The number of carbonyl (C=O) groups excluding carboxylic acids is 1. The van der Waals surface area contributed by atoms with Crippen LogP contribution in [-0.2, 0) is 11.4 Å². The number of nitro benzene ring substituents is 1. The van der Waals surface area contributed by atoms with Crippen molar-refractivity contribution in [2.24, 2.45) is 0 Å². The Morgan fingerprint density at radius 3 is 2.53 bits per heavy atom. The van der Waals surface area contributed by atoms with E-state index in [-0.39, 0.29) is 34.7 Å². The molecule has 0 radical (unpaired) electrons. The summed E-state index contributed by atoms with van der Waals surface area (Å²) in [5, 5.41) is 22.9. The maximum atomic E-state index is 12.1. The van der Waals surface area contributed by atoms with Crippen molar-refractivity contribution in [3.05, 3.63) is 68.2 Å². The van der Waals surface area contributed by atoms with Crippen LogP contribution in [0.4, 0.5) is 5.69 Å². The summed E-state index contributed by atoms with van der Waals surface area (Å²) >= 11 is 6.33. The SMILES string of the molecule is COc1cc(/C=C(/C#N)C(=O)NC(C)C)cc(Cl)c1OCc1ccc([N+](=O)[O-])cc1. The number of non-ortho nitro benzene ring substituents is 1. The first kappa shape index (κ1) is 22.7. The minimum Gasteiger partial charge on any atom is -0.493 e. The van der Waals surface area contributed by atoms with Crippen LogP contribution in [0.1, 0.15) is 25.0 Å². The molecular formula is C21H20ClN3O5. The van der Waals surface area contributed by atoms with E-state index in [4.69, 9.17) is 21.1 Å². The van der Waals surface area contributed by atoms with Crippen molar-refractivity contribution < 1.29 is 19.2 Å². The highest BCUT2D eigenvalue weighted by molar-refractivity contribution is 6.32. The molecular weight excluding hydrogens is 410 g/mol. The van der Waals surface area contributed by atoms with Gasteiger partial charge in [-0.05, 0) is 55.3 Å². The van der Waals surface area contributed by atoms with Gasteiger partial charge in [0.05, 0.1) is 17.1 Å². The fourth-order valence-corrected chi connectivity index (χ4v) is 2.76. The molecule has 1 amide bonds. The van der Waals surface area contributed by atoms with Gasteiger partial charge < -0.3 is 14.8 Å². The Morgan fingerprint density at radius 2 is 2.00 bits per heavy atom. The number of methoxy groups -OCH3 is 1. The van der Waals surface area contributed by atoms with Crippen molar-refractivity contribution in [2.75, 3.05) is 7.11 Å². The zero-order valence-corrected chi connectivity index (χ0v) is 17.4. The highest BCUT2D eigenvalue weighted by atomic mass is 35.5. The summed E-state index contributed by atoms with van der Waals surface area (Å²) in [6.07, 6.45) is 1.41. The van der Waals surface area contributed by atoms with E-state index < -0.39 is 10.8 Å². The van der Waals surface area contributed by atoms with Gasteiger partial charge in [-0.1, -0.05) is 11.6 Å². The Bertz CT molecular complexity index is 1010. The number of hydrogen-bond acceptors (Lipinski definition) is 6. The predicted molar refractivity (Wildman–Crippen MR) is 112 cm³/mol. The molecule has 9 heteroatoms. The van der Waals surface area contributed by atoms with Crippen molar-refractivity contribution in [3.63, 3.8) is 0 Å². The fourth-order valence-electron chi connectivity index (χ4n) is 2.49. The Morgan fingerprint density at radius 1 is 1.33 bits per heavy atom. The Hall–Kier alpha value is -3.57. The van der Waals surface area contributed by atoms with Gasteiger partial charge in [0, 0.05) is 18.2 Å². The number of halogens is 1. The van der Waals surface area contributed by atoms with E-state index in [0.29, 0.717) is 16.9 Å². The smallest absolute Gasteiger partial charge is 0.269 e. The summed E-state index contributed by atoms with van der Waals surface area (Å²) in [4.78, 5) is 22.3. The van der Waals surface area contributed by atoms with Gasteiger partial charge in [-0.3, -0.25) is 14.9 Å². The van der Waals surface area contributed by atoms with Crippen molar-refractivity contribution >= 4 is 29.3 Å². The number of rotatable bonds is 8. The Labute approximate surface area is 178 Å². The van der Waals surface area contributed by atoms with E-state index in [1.54, 1.807) is 38.1 Å². The number of nitriles is 1. The maximum Gasteiger partial charge on any atom is 0.269 e. The third kappa shape index (κ3) is 5.96. The topological polar surface area (TPSA) is 114 Å². The van der Waals surface area contributed by atoms with Crippen LogP contribution >= 0.6 is 11.6 Å². The molecule has 0 unspecified atom stereocenters. The van der Waals surface area contributed by atoms with Crippen molar-refractivity contribution in [1.29, 1.82) is 5.26 Å². The molecule has 0 heterocycles. The van der Waals surface area contributed by atoms with Gasteiger partial charge in [0.25, 0.3) is 11.6 Å². The summed E-state index contributed by atoms with van der Waals surface area (Å²) < 4.78 is 11.1. The molecule has 2 aromatic rings. The molecule has 2 rings (SSSR count). The van der Waals surface area contributed by atoms with Gasteiger partial charge in [0.1, 0.15) is 18.2 Å². The molecule has 156 valence electrons. The van der Waals surface area contributed by atoms with Crippen molar-refractivity contribution in [1.82, 2.24) is 5.32 Å². The molecule has 0 atom stereocenters. The van der Waals surface area contributed by atoms with Crippen LogP contribution in [0.15, 0.2) is 42.0 Å². The first-order chi connectivity index (χ1) is 14.2. The van der Waals surface area contributed by atoms with Gasteiger partial charge >= 0.3 is 0 Å². The predicted octanol–water partition coefficient (Wildman–Crippen LogP) is 4.27. The third-order valence-electron chi connectivity index (χ3n) is 3.88. The van der Waals surface area contributed by atoms with Gasteiger partial charge in [-0.2, -0.15) is 5.26 Å². The van der Waals surface area contributed by atoms with Gasteiger partial charge in [0.2, 0.25) is 0 Å². The van der Waals surface area contributed by atoms with Gasteiger partial charge in [-0.25, -0.2) is 0 Å². The van der Waals surface area contributed by atoms with Gasteiger partial charge in [0.15, 0.2) is 11.5 Å². The number of hydrogen-bond donors (Lipinski definition) is 1. The van der Waals surface area contributed by atoms with Crippen LogP contribution in [0.2, 0.25) is 5.02 Å². The van der Waals surface area contributed by atoms with Crippen molar-refractivity contribution in [2.45, 2.75) is 26.5 Å². The lowest BCUT2D eigenvalue weighted by Gasteiger charge is -2.14. The Kier molecular flexibility index (Phi) is 7.78. The molecule has 8 nitrogen and oxygen atoms in total. The summed E-state index contributed by atoms with van der Waals surface area (Å²) in [7, 11) is 1.44. The Balaban J connectivity index is 2.24. The third-order valence-corrected chi connectivity index (χ3v) is 4.16. The molecule has 1 N–H and O–H groups in total. The minimum absolute atomic E-state index is 0.0136. The molecule has 0 bridgehead atoms. The lowest BCUT2D eigenvalue weighted by Crippen LogP contribution is -2.30. The minimum atomic E-state index is -0.485. The zero-order chi connectivity index (χ0) is 22.3. The molecule has 0 aromatic heterocycles. The second kappa shape index (κ2) is 10.3.